The summed E-state index contributed by atoms with van der Waals surface area (Å²) < 4.78 is 16.7. The van der Waals surface area contributed by atoms with Crippen LogP contribution in [0.4, 0.5) is 0 Å². The average Bonchev–Trinajstić information content (AvgIpc) is 3.23. The van der Waals surface area contributed by atoms with Gasteiger partial charge in [0.15, 0.2) is 6.10 Å². The van der Waals surface area contributed by atoms with Crippen molar-refractivity contribution in [2.45, 2.75) is 219 Å². The fraction of sp³-hybridized carbons (Fsp3) is 0.679. The van der Waals surface area contributed by atoms with E-state index in [0.717, 1.165) is 122 Å². The largest absolute Gasteiger partial charge is 0.462 e. The van der Waals surface area contributed by atoms with Gasteiger partial charge in [0.05, 0.1) is 0 Å². The maximum absolute atomic E-state index is 12.7. The quantitative estimate of drug-likeness (QED) is 0.0201. The molecule has 0 saturated heterocycles. The second kappa shape index (κ2) is 47.3. The van der Waals surface area contributed by atoms with Crippen molar-refractivity contribution >= 4 is 17.9 Å². The maximum Gasteiger partial charge on any atom is 0.306 e. The molecule has 0 aromatic rings. The third-order valence-electron chi connectivity index (χ3n) is 9.96. The van der Waals surface area contributed by atoms with Crippen LogP contribution < -0.4 is 0 Å². The van der Waals surface area contributed by atoms with Crippen LogP contribution in [-0.4, -0.2) is 37.2 Å². The van der Waals surface area contributed by atoms with Crippen molar-refractivity contribution in [3.63, 3.8) is 0 Å². The zero-order valence-electron chi connectivity index (χ0n) is 38.2. The number of rotatable bonds is 42. The molecular formula is C53H88O6. The lowest BCUT2D eigenvalue weighted by Gasteiger charge is -2.18. The van der Waals surface area contributed by atoms with Crippen molar-refractivity contribution in [2.75, 3.05) is 13.2 Å². The highest BCUT2D eigenvalue weighted by Crippen LogP contribution is 2.14. The second-order valence-electron chi connectivity index (χ2n) is 15.7. The second-order valence-corrected chi connectivity index (χ2v) is 15.7. The van der Waals surface area contributed by atoms with Crippen LogP contribution in [0.2, 0.25) is 0 Å². The number of allylic oxidation sites excluding steroid dienone is 14. The van der Waals surface area contributed by atoms with Gasteiger partial charge in [0.25, 0.3) is 0 Å². The van der Waals surface area contributed by atoms with E-state index in [-0.39, 0.29) is 31.1 Å². The Labute approximate surface area is 363 Å². The minimum atomic E-state index is -0.790. The third kappa shape index (κ3) is 45.5. The number of carbonyl (C=O) groups excluding carboxylic acids is 3. The molecule has 1 atom stereocenters. The first-order valence-electron chi connectivity index (χ1n) is 24.1. The van der Waals surface area contributed by atoms with Gasteiger partial charge in [-0.25, -0.2) is 0 Å². The third-order valence-corrected chi connectivity index (χ3v) is 9.96. The first kappa shape index (κ1) is 55.6. The summed E-state index contributed by atoms with van der Waals surface area (Å²) >= 11 is 0. The molecule has 0 aromatic heterocycles. The highest BCUT2D eigenvalue weighted by atomic mass is 16.6. The van der Waals surface area contributed by atoms with Gasteiger partial charge in [-0.2, -0.15) is 0 Å². The van der Waals surface area contributed by atoms with E-state index in [1.54, 1.807) is 0 Å². The molecule has 0 rings (SSSR count). The van der Waals surface area contributed by atoms with E-state index in [1.807, 2.05) is 0 Å². The Kier molecular flexibility index (Phi) is 44.5. The van der Waals surface area contributed by atoms with Crippen molar-refractivity contribution in [3.05, 3.63) is 85.1 Å². The van der Waals surface area contributed by atoms with Crippen molar-refractivity contribution in [2.24, 2.45) is 0 Å². The van der Waals surface area contributed by atoms with Crippen LogP contribution in [0.3, 0.4) is 0 Å². The molecule has 6 nitrogen and oxygen atoms in total. The zero-order chi connectivity index (χ0) is 43.0. The van der Waals surface area contributed by atoms with Crippen LogP contribution in [0, 0.1) is 0 Å². The molecular weight excluding hydrogens is 733 g/mol. The van der Waals surface area contributed by atoms with Gasteiger partial charge in [-0.15, -0.1) is 0 Å². The van der Waals surface area contributed by atoms with Crippen molar-refractivity contribution < 1.29 is 28.6 Å². The molecule has 0 aliphatic carbocycles. The van der Waals surface area contributed by atoms with E-state index in [2.05, 4.69) is 106 Å². The van der Waals surface area contributed by atoms with Gasteiger partial charge in [-0.3, -0.25) is 14.4 Å². The molecule has 0 aliphatic heterocycles. The molecule has 0 saturated carbocycles. The van der Waals surface area contributed by atoms with E-state index in [4.69, 9.17) is 14.2 Å². The van der Waals surface area contributed by atoms with Crippen LogP contribution in [0.1, 0.15) is 213 Å². The Morgan fingerprint density at radius 2 is 0.746 bits per heavy atom. The molecule has 0 heterocycles. The average molecular weight is 821 g/mol. The topological polar surface area (TPSA) is 78.9 Å². The molecule has 0 bridgehead atoms. The van der Waals surface area contributed by atoms with E-state index in [1.165, 1.54) is 51.4 Å². The fourth-order valence-electron chi connectivity index (χ4n) is 6.37. The lowest BCUT2D eigenvalue weighted by Crippen LogP contribution is -2.30. The van der Waals surface area contributed by atoms with E-state index >= 15 is 0 Å². The number of hydrogen-bond acceptors (Lipinski definition) is 6. The fourth-order valence-corrected chi connectivity index (χ4v) is 6.37. The Morgan fingerprint density at radius 3 is 1.22 bits per heavy atom. The minimum absolute atomic E-state index is 0.0895. The molecule has 0 spiro atoms. The lowest BCUT2D eigenvalue weighted by atomic mass is 10.1. The zero-order valence-corrected chi connectivity index (χ0v) is 38.2. The maximum atomic E-state index is 12.7. The normalized spacial score (nSPS) is 12.8. The summed E-state index contributed by atoms with van der Waals surface area (Å²) in [6.07, 6.45) is 60.0. The monoisotopic (exact) mass is 821 g/mol. The van der Waals surface area contributed by atoms with E-state index in [9.17, 15) is 14.4 Å². The Morgan fingerprint density at radius 1 is 0.373 bits per heavy atom. The number of carbonyl (C=O) groups is 3. The van der Waals surface area contributed by atoms with E-state index < -0.39 is 6.10 Å². The standard InChI is InChI=1S/C53H88O6/c1-4-7-10-13-16-19-21-23-24-25-26-27-28-30-31-34-37-40-43-46-52(55)58-49-50(48-57-51(54)45-42-39-36-33-18-15-12-9-6-3)59-53(56)47-44-41-38-35-32-29-22-20-17-14-11-8-5-2/h7-8,10-11,14,16-17,19-20,22-24,26-27,50H,4-6,9,12-13,15,18,21,25,28-49H2,1-3H3/b10-7-,11-8-,17-14-,19-16-,22-20-,24-23-,27-26-. The SMILES string of the molecule is CC\C=C/C=C\C=C/CCCCCCCC(=O)OC(COC(=O)CCCCCCCC/C=C\C/C=C\C/C=C\C/C=C\CC)COC(=O)CCCCCCCCCCC. The lowest BCUT2D eigenvalue weighted by molar-refractivity contribution is -0.167. The van der Waals surface area contributed by atoms with Crippen LogP contribution in [0.15, 0.2) is 85.1 Å². The molecule has 6 heteroatoms. The van der Waals surface area contributed by atoms with Gasteiger partial charge in [0, 0.05) is 19.3 Å². The van der Waals surface area contributed by atoms with Crippen molar-refractivity contribution in [3.8, 4) is 0 Å². The van der Waals surface area contributed by atoms with Gasteiger partial charge in [-0.1, -0.05) is 202 Å². The highest BCUT2D eigenvalue weighted by Gasteiger charge is 2.19. The molecule has 0 N–H and O–H groups in total. The van der Waals surface area contributed by atoms with Crippen LogP contribution in [-0.2, 0) is 28.6 Å². The Balaban J connectivity index is 4.38. The van der Waals surface area contributed by atoms with Crippen molar-refractivity contribution in [1.29, 1.82) is 0 Å². The molecule has 336 valence electrons. The predicted octanol–water partition coefficient (Wildman–Crippen LogP) is 15.6. The van der Waals surface area contributed by atoms with E-state index in [0.29, 0.717) is 19.3 Å². The summed E-state index contributed by atoms with van der Waals surface area (Å²) in [6, 6.07) is 0. The van der Waals surface area contributed by atoms with Gasteiger partial charge in [-0.05, 0) is 77.0 Å². The number of hydrogen-bond donors (Lipinski definition) is 0. The molecule has 0 aromatic carbocycles. The molecule has 59 heavy (non-hydrogen) atoms. The van der Waals surface area contributed by atoms with Gasteiger partial charge < -0.3 is 14.2 Å². The van der Waals surface area contributed by atoms with Crippen molar-refractivity contribution in [1.82, 2.24) is 0 Å². The number of esters is 3. The van der Waals surface area contributed by atoms with Crippen LogP contribution in [0.5, 0.6) is 0 Å². The molecule has 0 fully saturated rings. The van der Waals surface area contributed by atoms with Crippen LogP contribution >= 0.6 is 0 Å². The van der Waals surface area contributed by atoms with Gasteiger partial charge in [0.2, 0.25) is 0 Å². The van der Waals surface area contributed by atoms with Gasteiger partial charge in [0.1, 0.15) is 13.2 Å². The molecule has 0 amide bonds. The minimum Gasteiger partial charge on any atom is -0.462 e. The van der Waals surface area contributed by atoms with Gasteiger partial charge >= 0.3 is 17.9 Å². The summed E-state index contributed by atoms with van der Waals surface area (Å²) in [5.74, 6) is -0.932. The summed E-state index contributed by atoms with van der Waals surface area (Å²) in [4.78, 5) is 37.8. The first-order chi connectivity index (χ1) is 29.0. The number of ether oxygens (including phenoxy) is 3. The smallest absolute Gasteiger partial charge is 0.306 e. The number of unbranched alkanes of at least 4 members (excludes halogenated alkanes) is 19. The molecule has 1 unspecified atom stereocenters. The molecule has 0 aliphatic rings. The van der Waals surface area contributed by atoms with Crippen LogP contribution in [0.25, 0.3) is 0 Å². The summed E-state index contributed by atoms with van der Waals surface area (Å²) in [5, 5.41) is 0. The predicted molar refractivity (Wildman–Crippen MR) is 251 cm³/mol. The summed E-state index contributed by atoms with van der Waals surface area (Å²) in [7, 11) is 0. The highest BCUT2D eigenvalue weighted by molar-refractivity contribution is 5.71. The summed E-state index contributed by atoms with van der Waals surface area (Å²) in [6.45, 7) is 6.33. The first-order valence-corrected chi connectivity index (χ1v) is 24.1. The Hall–Kier alpha value is -3.41. The Bertz CT molecular complexity index is 1170. The summed E-state index contributed by atoms with van der Waals surface area (Å²) in [5.41, 5.74) is 0. The molecule has 0 radical (unpaired) electrons.